The van der Waals surface area contributed by atoms with Crippen LogP contribution in [0, 0.1) is 6.92 Å². The number of amides is 1. The van der Waals surface area contributed by atoms with E-state index in [1.165, 1.54) is 0 Å². The highest BCUT2D eigenvalue weighted by Gasteiger charge is 2.15. The Hall–Kier alpha value is -3.68. The Bertz CT molecular complexity index is 1010. The standard InChI is InChI=1S/C22H26N6O2/c1-14-9-10-18(30-3)17(13-14)15(2)24-20(29)12-11-19-26-21(23)28-22(27-19)25-16-7-5-4-6-8-16/h4-10,13,15H,11-12H2,1-3H3,(H,24,29)(H3,23,25,26,27,28)/t15-/m0/s1. The van der Waals surface area contributed by atoms with E-state index >= 15 is 0 Å². The van der Waals surface area contributed by atoms with Gasteiger partial charge in [0.15, 0.2) is 0 Å². The van der Waals surface area contributed by atoms with E-state index in [9.17, 15) is 4.79 Å². The molecule has 0 aliphatic heterocycles. The third-order valence-electron chi connectivity index (χ3n) is 4.53. The van der Waals surface area contributed by atoms with E-state index < -0.39 is 0 Å². The van der Waals surface area contributed by atoms with Crippen molar-refractivity contribution in [1.82, 2.24) is 20.3 Å². The van der Waals surface area contributed by atoms with Gasteiger partial charge in [-0.2, -0.15) is 15.0 Å². The van der Waals surface area contributed by atoms with Crippen molar-refractivity contribution in [2.75, 3.05) is 18.2 Å². The van der Waals surface area contributed by atoms with Gasteiger partial charge in [0, 0.05) is 24.1 Å². The Kier molecular flexibility index (Phi) is 6.79. The van der Waals surface area contributed by atoms with Crippen molar-refractivity contribution in [3.8, 4) is 5.75 Å². The van der Waals surface area contributed by atoms with Gasteiger partial charge in [0.2, 0.25) is 17.8 Å². The molecular weight excluding hydrogens is 380 g/mol. The van der Waals surface area contributed by atoms with Crippen LogP contribution in [0.15, 0.2) is 48.5 Å². The van der Waals surface area contributed by atoms with Gasteiger partial charge < -0.3 is 21.1 Å². The molecule has 0 spiro atoms. The predicted octanol–water partition coefficient (Wildman–Crippen LogP) is 3.32. The fraction of sp³-hybridized carbons (Fsp3) is 0.273. The second kappa shape index (κ2) is 9.69. The molecule has 8 nitrogen and oxygen atoms in total. The molecule has 0 aliphatic carbocycles. The van der Waals surface area contributed by atoms with Crippen LogP contribution in [-0.2, 0) is 11.2 Å². The molecule has 3 aromatic rings. The van der Waals surface area contributed by atoms with Crippen molar-refractivity contribution in [1.29, 1.82) is 0 Å². The minimum atomic E-state index is -0.189. The molecule has 0 bridgehead atoms. The Morgan fingerprint density at radius 1 is 1.13 bits per heavy atom. The smallest absolute Gasteiger partial charge is 0.232 e. The number of carbonyl (C=O) groups excluding carboxylic acids is 1. The molecule has 156 valence electrons. The summed E-state index contributed by atoms with van der Waals surface area (Å²) in [5, 5.41) is 6.09. The monoisotopic (exact) mass is 406 g/mol. The van der Waals surface area contributed by atoms with Gasteiger partial charge in [0.25, 0.3) is 0 Å². The fourth-order valence-electron chi connectivity index (χ4n) is 3.07. The van der Waals surface area contributed by atoms with Crippen LogP contribution in [0.4, 0.5) is 17.6 Å². The highest BCUT2D eigenvalue weighted by atomic mass is 16.5. The van der Waals surface area contributed by atoms with Crippen LogP contribution in [0.25, 0.3) is 0 Å². The van der Waals surface area contributed by atoms with Gasteiger partial charge in [0.05, 0.1) is 13.2 Å². The molecule has 0 fully saturated rings. The molecule has 8 heteroatoms. The van der Waals surface area contributed by atoms with Crippen LogP contribution in [0.2, 0.25) is 0 Å². The minimum Gasteiger partial charge on any atom is -0.496 e. The van der Waals surface area contributed by atoms with Crippen LogP contribution in [-0.4, -0.2) is 28.0 Å². The van der Waals surface area contributed by atoms with Crippen LogP contribution in [0.5, 0.6) is 5.75 Å². The number of ether oxygens (including phenoxy) is 1. The van der Waals surface area contributed by atoms with Gasteiger partial charge in [-0.05, 0) is 32.0 Å². The van der Waals surface area contributed by atoms with Crippen molar-refractivity contribution in [2.24, 2.45) is 0 Å². The number of nitrogens with two attached hydrogens (primary N) is 1. The zero-order valence-electron chi connectivity index (χ0n) is 17.3. The summed E-state index contributed by atoms with van der Waals surface area (Å²) in [6.45, 7) is 3.93. The number of aromatic nitrogens is 3. The first-order valence-electron chi connectivity index (χ1n) is 9.71. The van der Waals surface area contributed by atoms with E-state index in [0.29, 0.717) is 18.2 Å². The van der Waals surface area contributed by atoms with Crippen LogP contribution in [0.3, 0.4) is 0 Å². The molecule has 0 aliphatic rings. The lowest BCUT2D eigenvalue weighted by molar-refractivity contribution is -0.121. The third-order valence-corrected chi connectivity index (χ3v) is 4.53. The number of anilines is 3. The zero-order valence-corrected chi connectivity index (χ0v) is 17.3. The van der Waals surface area contributed by atoms with Crippen LogP contribution in [0.1, 0.15) is 36.3 Å². The van der Waals surface area contributed by atoms with Crippen molar-refractivity contribution >= 4 is 23.5 Å². The summed E-state index contributed by atoms with van der Waals surface area (Å²) in [6, 6.07) is 15.2. The SMILES string of the molecule is COc1ccc(C)cc1[C@H](C)NC(=O)CCc1nc(N)nc(Nc2ccccc2)n1. The van der Waals surface area contributed by atoms with Crippen molar-refractivity contribution in [2.45, 2.75) is 32.7 Å². The molecule has 0 saturated heterocycles. The van der Waals surface area contributed by atoms with Crippen LogP contribution >= 0.6 is 0 Å². The van der Waals surface area contributed by atoms with Crippen LogP contribution < -0.4 is 21.1 Å². The topological polar surface area (TPSA) is 115 Å². The Morgan fingerprint density at radius 2 is 1.90 bits per heavy atom. The summed E-state index contributed by atoms with van der Waals surface area (Å²) in [5.41, 5.74) is 8.68. The van der Waals surface area contributed by atoms with Crippen molar-refractivity contribution < 1.29 is 9.53 Å². The van der Waals surface area contributed by atoms with Gasteiger partial charge in [-0.25, -0.2) is 0 Å². The predicted molar refractivity (Wildman–Crippen MR) is 117 cm³/mol. The average Bonchev–Trinajstić information content (AvgIpc) is 2.72. The van der Waals surface area contributed by atoms with Gasteiger partial charge in [-0.1, -0.05) is 35.9 Å². The average molecular weight is 406 g/mol. The highest BCUT2D eigenvalue weighted by Crippen LogP contribution is 2.26. The number of carbonyl (C=O) groups is 1. The largest absolute Gasteiger partial charge is 0.496 e. The maximum Gasteiger partial charge on any atom is 0.232 e. The number of para-hydroxylation sites is 1. The lowest BCUT2D eigenvalue weighted by Crippen LogP contribution is -2.27. The summed E-state index contributed by atoms with van der Waals surface area (Å²) >= 11 is 0. The van der Waals surface area contributed by atoms with E-state index in [2.05, 4.69) is 25.6 Å². The molecular formula is C22H26N6O2. The maximum absolute atomic E-state index is 12.5. The number of nitrogens with one attached hydrogen (secondary N) is 2. The number of rotatable bonds is 8. The number of benzene rings is 2. The first-order valence-corrected chi connectivity index (χ1v) is 9.71. The summed E-state index contributed by atoms with van der Waals surface area (Å²) in [7, 11) is 1.62. The van der Waals surface area contributed by atoms with E-state index in [1.54, 1.807) is 7.11 Å². The third kappa shape index (κ3) is 5.66. The first-order chi connectivity index (χ1) is 14.4. The summed E-state index contributed by atoms with van der Waals surface area (Å²) < 4.78 is 5.41. The second-order valence-electron chi connectivity index (χ2n) is 6.96. The molecule has 1 aromatic heterocycles. The number of hydrogen-bond acceptors (Lipinski definition) is 7. The molecule has 0 unspecified atom stereocenters. The summed E-state index contributed by atoms with van der Waals surface area (Å²) in [6.07, 6.45) is 0.576. The highest BCUT2D eigenvalue weighted by molar-refractivity contribution is 5.76. The maximum atomic E-state index is 12.5. The molecule has 1 amide bonds. The molecule has 30 heavy (non-hydrogen) atoms. The molecule has 2 aromatic carbocycles. The zero-order chi connectivity index (χ0) is 21.5. The Morgan fingerprint density at radius 3 is 2.63 bits per heavy atom. The molecule has 0 radical (unpaired) electrons. The van der Waals surface area contributed by atoms with E-state index in [-0.39, 0.29) is 24.3 Å². The number of nitrogen functional groups attached to an aromatic ring is 1. The fourth-order valence-corrected chi connectivity index (χ4v) is 3.07. The van der Waals surface area contributed by atoms with Gasteiger partial charge in [-0.3, -0.25) is 4.79 Å². The Balaban J connectivity index is 1.61. The van der Waals surface area contributed by atoms with Gasteiger partial charge in [-0.15, -0.1) is 0 Å². The van der Waals surface area contributed by atoms with Gasteiger partial charge >= 0.3 is 0 Å². The number of hydrogen-bond donors (Lipinski definition) is 3. The van der Waals surface area contributed by atoms with Gasteiger partial charge in [0.1, 0.15) is 11.6 Å². The second-order valence-corrected chi connectivity index (χ2v) is 6.96. The molecule has 1 heterocycles. The number of aryl methyl sites for hydroxylation is 2. The minimum absolute atomic E-state index is 0.108. The van der Waals surface area contributed by atoms with E-state index in [0.717, 1.165) is 22.6 Å². The quantitative estimate of drug-likeness (QED) is 0.525. The Labute approximate surface area is 175 Å². The number of nitrogens with zero attached hydrogens (tertiary/aromatic N) is 3. The van der Waals surface area contributed by atoms with Crippen molar-refractivity contribution in [3.63, 3.8) is 0 Å². The lowest BCUT2D eigenvalue weighted by atomic mass is 10.0. The molecule has 0 saturated carbocycles. The molecule has 1 atom stereocenters. The number of methoxy groups -OCH3 is 1. The molecule has 3 rings (SSSR count). The van der Waals surface area contributed by atoms with E-state index in [1.807, 2.05) is 62.4 Å². The van der Waals surface area contributed by atoms with E-state index in [4.69, 9.17) is 10.5 Å². The van der Waals surface area contributed by atoms with Crippen molar-refractivity contribution in [3.05, 3.63) is 65.5 Å². The normalized spacial score (nSPS) is 11.6. The summed E-state index contributed by atoms with van der Waals surface area (Å²) in [4.78, 5) is 25.1. The first kappa shape index (κ1) is 21.0. The molecule has 4 N–H and O–H groups in total. The lowest BCUT2D eigenvalue weighted by Gasteiger charge is -2.18. The summed E-state index contributed by atoms with van der Waals surface area (Å²) in [5.74, 6) is 1.55.